The van der Waals surface area contributed by atoms with E-state index >= 15 is 0 Å². The van der Waals surface area contributed by atoms with Crippen LogP contribution in [0.2, 0.25) is 5.02 Å². The van der Waals surface area contributed by atoms with Gasteiger partial charge in [0, 0.05) is 17.1 Å². The first-order valence-corrected chi connectivity index (χ1v) is 6.70. The van der Waals surface area contributed by atoms with Gasteiger partial charge in [-0.2, -0.15) is 0 Å². The fraction of sp³-hybridized carbons (Fsp3) is 0.188. The first-order valence-electron chi connectivity index (χ1n) is 6.32. The summed E-state index contributed by atoms with van der Waals surface area (Å²) < 4.78 is 5.23. The fourth-order valence-corrected chi connectivity index (χ4v) is 2.14. The SMILES string of the molecule is COc1ccccc1CC(=O)NCc1cccc(Cl)c1. The van der Waals surface area contributed by atoms with Crippen LogP contribution in [-0.2, 0) is 17.8 Å². The van der Waals surface area contributed by atoms with Crippen molar-refractivity contribution in [2.75, 3.05) is 7.11 Å². The van der Waals surface area contributed by atoms with Crippen molar-refractivity contribution in [2.24, 2.45) is 0 Å². The first kappa shape index (κ1) is 14.4. The molecule has 20 heavy (non-hydrogen) atoms. The van der Waals surface area contributed by atoms with E-state index < -0.39 is 0 Å². The smallest absolute Gasteiger partial charge is 0.224 e. The quantitative estimate of drug-likeness (QED) is 0.918. The van der Waals surface area contributed by atoms with Gasteiger partial charge in [0.15, 0.2) is 0 Å². The summed E-state index contributed by atoms with van der Waals surface area (Å²) in [7, 11) is 1.60. The Morgan fingerprint density at radius 1 is 1.20 bits per heavy atom. The van der Waals surface area contributed by atoms with Crippen LogP contribution in [0.15, 0.2) is 48.5 Å². The lowest BCUT2D eigenvalue weighted by Crippen LogP contribution is -2.24. The van der Waals surface area contributed by atoms with Gasteiger partial charge in [-0.1, -0.05) is 41.9 Å². The standard InChI is InChI=1S/C16H16ClNO2/c1-20-15-8-3-2-6-13(15)10-16(19)18-11-12-5-4-7-14(17)9-12/h2-9H,10-11H2,1H3,(H,18,19). The topological polar surface area (TPSA) is 38.3 Å². The Balaban J connectivity index is 1.93. The van der Waals surface area contributed by atoms with E-state index in [1.54, 1.807) is 7.11 Å². The van der Waals surface area contributed by atoms with E-state index in [4.69, 9.17) is 16.3 Å². The average molecular weight is 290 g/mol. The highest BCUT2D eigenvalue weighted by molar-refractivity contribution is 6.30. The van der Waals surface area contributed by atoms with Crippen LogP contribution in [0.3, 0.4) is 0 Å². The molecule has 0 aromatic heterocycles. The minimum atomic E-state index is -0.0468. The second-order valence-electron chi connectivity index (χ2n) is 4.40. The molecule has 2 aromatic rings. The van der Waals surface area contributed by atoms with Crippen LogP contribution in [0.5, 0.6) is 5.75 Å². The van der Waals surface area contributed by atoms with E-state index in [0.29, 0.717) is 18.0 Å². The predicted molar refractivity (Wildman–Crippen MR) is 80.0 cm³/mol. The Bertz CT molecular complexity index is 599. The number of benzene rings is 2. The number of amides is 1. The number of hydrogen-bond donors (Lipinski definition) is 1. The van der Waals surface area contributed by atoms with Crippen molar-refractivity contribution in [3.05, 3.63) is 64.7 Å². The minimum Gasteiger partial charge on any atom is -0.496 e. The number of carbonyl (C=O) groups excluding carboxylic acids is 1. The summed E-state index contributed by atoms with van der Waals surface area (Å²) >= 11 is 5.90. The molecule has 1 N–H and O–H groups in total. The number of rotatable bonds is 5. The lowest BCUT2D eigenvalue weighted by Gasteiger charge is -2.09. The molecule has 0 radical (unpaired) electrons. The normalized spacial score (nSPS) is 10.1. The molecule has 0 bridgehead atoms. The molecule has 0 atom stereocenters. The largest absolute Gasteiger partial charge is 0.496 e. The zero-order valence-electron chi connectivity index (χ0n) is 11.2. The average Bonchev–Trinajstić information content (AvgIpc) is 2.46. The van der Waals surface area contributed by atoms with Gasteiger partial charge >= 0.3 is 0 Å². The highest BCUT2D eigenvalue weighted by Crippen LogP contribution is 2.17. The molecular formula is C16H16ClNO2. The molecule has 0 spiro atoms. The van der Waals surface area contributed by atoms with Crippen molar-refractivity contribution >= 4 is 17.5 Å². The van der Waals surface area contributed by atoms with Crippen LogP contribution in [0.25, 0.3) is 0 Å². The Kier molecular flexibility index (Phi) is 5.02. The summed E-state index contributed by atoms with van der Waals surface area (Å²) in [6, 6.07) is 14.9. The van der Waals surface area contributed by atoms with Crippen LogP contribution < -0.4 is 10.1 Å². The maximum Gasteiger partial charge on any atom is 0.224 e. The summed E-state index contributed by atoms with van der Waals surface area (Å²) in [5.74, 6) is 0.680. The first-order chi connectivity index (χ1) is 9.69. The summed E-state index contributed by atoms with van der Waals surface area (Å²) in [5.41, 5.74) is 1.85. The van der Waals surface area contributed by atoms with Crippen molar-refractivity contribution in [3.63, 3.8) is 0 Å². The number of nitrogens with one attached hydrogen (secondary N) is 1. The number of hydrogen-bond acceptors (Lipinski definition) is 2. The maximum atomic E-state index is 11.9. The molecular weight excluding hydrogens is 274 g/mol. The van der Waals surface area contributed by atoms with E-state index in [1.807, 2.05) is 48.5 Å². The van der Waals surface area contributed by atoms with Gasteiger partial charge in [0.05, 0.1) is 13.5 Å². The van der Waals surface area contributed by atoms with Gasteiger partial charge in [-0.3, -0.25) is 4.79 Å². The van der Waals surface area contributed by atoms with Gasteiger partial charge in [0.2, 0.25) is 5.91 Å². The molecule has 0 heterocycles. The summed E-state index contributed by atoms with van der Waals surface area (Å²) in [4.78, 5) is 11.9. The van der Waals surface area contributed by atoms with Crippen molar-refractivity contribution in [3.8, 4) is 5.75 Å². The molecule has 0 unspecified atom stereocenters. The molecule has 0 aliphatic carbocycles. The van der Waals surface area contributed by atoms with Crippen LogP contribution in [0, 0.1) is 0 Å². The molecule has 0 aliphatic rings. The molecule has 0 fully saturated rings. The summed E-state index contributed by atoms with van der Waals surface area (Å²) in [5, 5.41) is 3.54. The van der Waals surface area contributed by atoms with E-state index in [1.165, 1.54) is 0 Å². The number of ether oxygens (including phenoxy) is 1. The third kappa shape index (κ3) is 4.00. The van der Waals surface area contributed by atoms with Gasteiger partial charge < -0.3 is 10.1 Å². The van der Waals surface area contributed by atoms with Gasteiger partial charge in [-0.05, 0) is 23.8 Å². The predicted octanol–water partition coefficient (Wildman–Crippen LogP) is 3.21. The van der Waals surface area contributed by atoms with Crippen LogP contribution in [-0.4, -0.2) is 13.0 Å². The van der Waals surface area contributed by atoms with E-state index in [2.05, 4.69) is 5.32 Å². The summed E-state index contributed by atoms with van der Waals surface area (Å²) in [6.45, 7) is 0.467. The van der Waals surface area contributed by atoms with E-state index in [0.717, 1.165) is 16.9 Å². The lowest BCUT2D eigenvalue weighted by atomic mass is 10.1. The molecule has 2 rings (SSSR count). The molecule has 2 aromatic carbocycles. The number of halogens is 1. The fourth-order valence-electron chi connectivity index (χ4n) is 1.93. The Morgan fingerprint density at radius 2 is 2.00 bits per heavy atom. The third-order valence-electron chi connectivity index (χ3n) is 2.92. The van der Waals surface area contributed by atoms with Gasteiger partial charge in [0.25, 0.3) is 0 Å². The molecule has 3 nitrogen and oxygen atoms in total. The van der Waals surface area contributed by atoms with Crippen LogP contribution in [0.4, 0.5) is 0 Å². The Hall–Kier alpha value is -2.00. The van der Waals surface area contributed by atoms with Crippen molar-refractivity contribution in [1.82, 2.24) is 5.32 Å². The van der Waals surface area contributed by atoms with E-state index in [-0.39, 0.29) is 5.91 Å². The van der Waals surface area contributed by atoms with Gasteiger partial charge in [0.1, 0.15) is 5.75 Å². The molecule has 0 saturated carbocycles. The third-order valence-corrected chi connectivity index (χ3v) is 3.16. The van der Waals surface area contributed by atoms with Gasteiger partial charge in [-0.15, -0.1) is 0 Å². The number of carbonyl (C=O) groups is 1. The molecule has 4 heteroatoms. The van der Waals surface area contributed by atoms with Crippen molar-refractivity contribution in [2.45, 2.75) is 13.0 Å². The second kappa shape index (κ2) is 6.96. The molecule has 104 valence electrons. The number of para-hydroxylation sites is 1. The monoisotopic (exact) mass is 289 g/mol. The highest BCUT2D eigenvalue weighted by atomic mass is 35.5. The highest BCUT2D eigenvalue weighted by Gasteiger charge is 2.07. The Labute approximate surface area is 123 Å². The zero-order valence-corrected chi connectivity index (χ0v) is 12.0. The molecule has 1 amide bonds. The maximum absolute atomic E-state index is 11.9. The lowest BCUT2D eigenvalue weighted by molar-refractivity contribution is -0.120. The van der Waals surface area contributed by atoms with Crippen LogP contribution >= 0.6 is 11.6 Å². The molecule has 0 aliphatic heterocycles. The Morgan fingerprint density at radius 3 is 2.75 bits per heavy atom. The summed E-state index contributed by atoms with van der Waals surface area (Å²) in [6.07, 6.45) is 0.296. The minimum absolute atomic E-state index is 0.0468. The molecule has 0 saturated heterocycles. The van der Waals surface area contributed by atoms with Crippen molar-refractivity contribution < 1.29 is 9.53 Å². The van der Waals surface area contributed by atoms with Crippen LogP contribution in [0.1, 0.15) is 11.1 Å². The van der Waals surface area contributed by atoms with Crippen molar-refractivity contribution in [1.29, 1.82) is 0 Å². The second-order valence-corrected chi connectivity index (χ2v) is 4.83. The zero-order chi connectivity index (χ0) is 14.4. The van der Waals surface area contributed by atoms with E-state index in [9.17, 15) is 4.79 Å². The van der Waals surface area contributed by atoms with Gasteiger partial charge in [-0.25, -0.2) is 0 Å². The number of methoxy groups -OCH3 is 1.